The van der Waals surface area contributed by atoms with Crippen molar-refractivity contribution in [2.75, 3.05) is 13.1 Å². The molecule has 1 N–H and O–H groups in total. The van der Waals surface area contributed by atoms with Crippen LogP contribution in [0.4, 0.5) is 0 Å². The molecule has 0 aliphatic carbocycles. The van der Waals surface area contributed by atoms with Crippen molar-refractivity contribution in [1.29, 1.82) is 0 Å². The van der Waals surface area contributed by atoms with Gasteiger partial charge in [0, 0.05) is 13.3 Å². The van der Waals surface area contributed by atoms with Crippen molar-refractivity contribution >= 4 is 18.4 Å². The van der Waals surface area contributed by atoms with Crippen LogP contribution < -0.4 is 5.43 Å². The molecule has 0 spiro atoms. The highest BCUT2D eigenvalue weighted by atomic mass is 16.3. The molecule has 19 heavy (non-hydrogen) atoms. The number of rotatable bonds is 5. The van der Waals surface area contributed by atoms with Crippen molar-refractivity contribution in [3.05, 3.63) is 36.4 Å². The summed E-state index contributed by atoms with van der Waals surface area (Å²) in [6.07, 6.45) is 5.79. The largest absolute Gasteiger partial charge is 0.461 e. The lowest BCUT2D eigenvalue weighted by Gasteiger charge is -2.27. The molecule has 1 aliphatic heterocycles. The SMILES string of the molecule is C=NNC(=O)C1CC=CN(CC(=O)c2ccco2)C1. The first-order valence-electron chi connectivity index (χ1n) is 5.93. The second-order valence-electron chi connectivity index (χ2n) is 4.28. The molecule has 1 aromatic rings. The van der Waals surface area contributed by atoms with Crippen LogP contribution in [0.2, 0.25) is 0 Å². The zero-order valence-corrected chi connectivity index (χ0v) is 10.4. The molecule has 2 heterocycles. The van der Waals surface area contributed by atoms with E-state index in [1.54, 1.807) is 17.0 Å². The number of hydrazone groups is 1. The van der Waals surface area contributed by atoms with Crippen molar-refractivity contribution in [3.63, 3.8) is 0 Å². The molecular formula is C13H15N3O3. The molecule has 1 unspecified atom stereocenters. The summed E-state index contributed by atoms with van der Waals surface area (Å²) >= 11 is 0. The highest BCUT2D eigenvalue weighted by molar-refractivity contribution is 5.95. The fourth-order valence-corrected chi connectivity index (χ4v) is 1.97. The van der Waals surface area contributed by atoms with Gasteiger partial charge in [-0.15, -0.1) is 0 Å². The van der Waals surface area contributed by atoms with Gasteiger partial charge in [0.25, 0.3) is 0 Å². The summed E-state index contributed by atoms with van der Waals surface area (Å²) in [6.45, 7) is 3.88. The van der Waals surface area contributed by atoms with Crippen molar-refractivity contribution in [2.24, 2.45) is 11.0 Å². The molecular weight excluding hydrogens is 246 g/mol. The van der Waals surface area contributed by atoms with Crippen LogP contribution in [0, 0.1) is 5.92 Å². The first-order valence-corrected chi connectivity index (χ1v) is 5.93. The van der Waals surface area contributed by atoms with E-state index >= 15 is 0 Å². The number of carbonyl (C=O) groups excluding carboxylic acids is 2. The maximum absolute atomic E-state index is 11.9. The number of nitrogens with one attached hydrogen (secondary N) is 1. The van der Waals surface area contributed by atoms with Gasteiger partial charge in [0.15, 0.2) is 5.76 Å². The molecule has 1 aliphatic rings. The van der Waals surface area contributed by atoms with Crippen molar-refractivity contribution in [1.82, 2.24) is 10.3 Å². The Kier molecular flexibility index (Phi) is 4.12. The predicted octanol–water partition coefficient (Wildman–Crippen LogP) is 1.03. The first-order chi connectivity index (χ1) is 9.20. The molecule has 0 saturated heterocycles. The van der Waals surface area contributed by atoms with Crippen LogP contribution >= 0.6 is 0 Å². The van der Waals surface area contributed by atoms with E-state index in [0.717, 1.165) is 0 Å². The van der Waals surface area contributed by atoms with Crippen LogP contribution in [0.5, 0.6) is 0 Å². The molecule has 1 amide bonds. The minimum absolute atomic E-state index is 0.113. The van der Waals surface area contributed by atoms with Gasteiger partial charge in [-0.3, -0.25) is 9.59 Å². The van der Waals surface area contributed by atoms with Crippen LogP contribution in [-0.4, -0.2) is 36.4 Å². The van der Waals surface area contributed by atoms with Gasteiger partial charge in [0.1, 0.15) is 0 Å². The number of furan rings is 1. The molecule has 0 fully saturated rings. The highest BCUT2D eigenvalue weighted by Crippen LogP contribution is 2.15. The monoisotopic (exact) mass is 261 g/mol. The Balaban J connectivity index is 1.93. The number of allylic oxidation sites excluding steroid dienone is 1. The Morgan fingerprint density at radius 1 is 1.58 bits per heavy atom. The average Bonchev–Trinajstić information content (AvgIpc) is 2.93. The molecule has 2 rings (SSSR count). The summed E-state index contributed by atoms with van der Waals surface area (Å²) < 4.78 is 5.05. The topological polar surface area (TPSA) is 74.9 Å². The number of hydrogen-bond donors (Lipinski definition) is 1. The number of amides is 1. The Morgan fingerprint density at radius 3 is 3.11 bits per heavy atom. The molecule has 0 saturated carbocycles. The number of nitrogens with zero attached hydrogens (tertiary/aromatic N) is 2. The fourth-order valence-electron chi connectivity index (χ4n) is 1.97. The smallest absolute Gasteiger partial charge is 0.245 e. The molecule has 0 radical (unpaired) electrons. The second kappa shape index (κ2) is 5.99. The second-order valence-corrected chi connectivity index (χ2v) is 4.28. The number of ketones is 1. The Hall–Kier alpha value is -2.37. The van der Waals surface area contributed by atoms with E-state index in [9.17, 15) is 9.59 Å². The van der Waals surface area contributed by atoms with E-state index in [4.69, 9.17) is 4.42 Å². The summed E-state index contributed by atoms with van der Waals surface area (Å²) in [7, 11) is 0. The molecule has 100 valence electrons. The minimum Gasteiger partial charge on any atom is -0.461 e. The van der Waals surface area contributed by atoms with Gasteiger partial charge in [-0.1, -0.05) is 6.08 Å². The first kappa shape index (κ1) is 13.1. The molecule has 6 nitrogen and oxygen atoms in total. The summed E-state index contributed by atoms with van der Waals surface area (Å²) in [5.74, 6) is -0.194. The van der Waals surface area contributed by atoms with Gasteiger partial charge in [-0.25, -0.2) is 5.43 Å². The van der Waals surface area contributed by atoms with Crippen molar-refractivity contribution in [2.45, 2.75) is 6.42 Å². The predicted molar refractivity (Wildman–Crippen MR) is 69.6 cm³/mol. The van der Waals surface area contributed by atoms with Crippen LogP contribution in [-0.2, 0) is 4.79 Å². The highest BCUT2D eigenvalue weighted by Gasteiger charge is 2.24. The van der Waals surface area contributed by atoms with Crippen LogP contribution in [0.1, 0.15) is 17.0 Å². The lowest BCUT2D eigenvalue weighted by atomic mass is 10.0. The van der Waals surface area contributed by atoms with Gasteiger partial charge in [-0.2, -0.15) is 5.10 Å². The summed E-state index contributed by atoms with van der Waals surface area (Å²) in [4.78, 5) is 25.3. The maximum atomic E-state index is 11.9. The molecule has 0 aromatic carbocycles. The molecule has 1 aromatic heterocycles. The fraction of sp³-hybridized carbons (Fsp3) is 0.308. The minimum atomic E-state index is -0.222. The Labute approximate surface area is 110 Å². The Morgan fingerprint density at radius 2 is 2.42 bits per heavy atom. The quantitative estimate of drug-likeness (QED) is 0.488. The van der Waals surface area contributed by atoms with Crippen LogP contribution in [0.15, 0.2) is 40.2 Å². The zero-order valence-electron chi connectivity index (χ0n) is 10.4. The zero-order chi connectivity index (χ0) is 13.7. The average molecular weight is 261 g/mol. The molecule has 6 heteroatoms. The van der Waals surface area contributed by atoms with Crippen molar-refractivity contribution < 1.29 is 14.0 Å². The lowest BCUT2D eigenvalue weighted by Crippen LogP contribution is -2.39. The van der Waals surface area contributed by atoms with Crippen LogP contribution in [0.25, 0.3) is 0 Å². The van der Waals surface area contributed by atoms with E-state index in [-0.39, 0.29) is 24.2 Å². The van der Waals surface area contributed by atoms with E-state index in [1.807, 2.05) is 12.3 Å². The summed E-state index contributed by atoms with van der Waals surface area (Å²) in [5, 5.41) is 3.36. The van der Waals surface area contributed by atoms with E-state index in [0.29, 0.717) is 18.7 Å². The third kappa shape index (κ3) is 3.31. The lowest BCUT2D eigenvalue weighted by molar-refractivity contribution is -0.125. The summed E-state index contributed by atoms with van der Waals surface area (Å²) in [5.41, 5.74) is 2.33. The third-order valence-electron chi connectivity index (χ3n) is 2.89. The van der Waals surface area contributed by atoms with Crippen molar-refractivity contribution in [3.8, 4) is 0 Å². The number of carbonyl (C=O) groups is 2. The van der Waals surface area contributed by atoms with E-state index < -0.39 is 0 Å². The standard InChI is InChI=1S/C13H15N3O3/c1-14-15-13(18)10-4-2-6-16(8-10)9-11(17)12-5-3-7-19-12/h2-3,5-7,10H,1,4,8-9H2,(H,15,18). The van der Waals surface area contributed by atoms with Gasteiger partial charge in [0.2, 0.25) is 11.7 Å². The number of Topliss-reactive ketones (excluding diaryl/α,β-unsaturated/α-hetero) is 1. The Bertz CT molecular complexity index is 493. The normalized spacial score (nSPS) is 18.1. The van der Waals surface area contributed by atoms with Gasteiger partial charge in [-0.05, 0) is 24.8 Å². The molecule has 0 bridgehead atoms. The van der Waals surface area contributed by atoms with Crippen LogP contribution in [0.3, 0.4) is 0 Å². The van der Waals surface area contributed by atoms with E-state index in [2.05, 4.69) is 17.2 Å². The van der Waals surface area contributed by atoms with Gasteiger partial charge >= 0.3 is 0 Å². The summed E-state index contributed by atoms with van der Waals surface area (Å²) in [6, 6.07) is 3.30. The third-order valence-corrected chi connectivity index (χ3v) is 2.89. The number of hydrogen-bond acceptors (Lipinski definition) is 5. The van der Waals surface area contributed by atoms with Gasteiger partial charge < -0.3 is 9.32 Å². The maximum Gasteiger partial charge on any atom is 0.245 e. The van der Waals surface area contributed by atoms with Gasteiger partial charge in [0.05, 0.1) is 18.7 Å². The molecule has 1 atom stereocenters. The van der Waals surface area contributed by atoms with E-state index in [1.165, 1.54) is 6.26 Å².